The number of urea groups is 1. The number of nitrogens with zero attached hydrogens (tertiary/aromatic N) is 2. The second-order valence-corrected chi connectivity index (χ2v) is 4.99. The number of carbonyl (C=O) groups excluding carboxylic acids is 1. The summed E-state index contributed by atoms with van der Waals surface area (Å²) in [5, 5.41) is 5.28. The van der Waals surface area contributed by atoms with Gasteiger partial charge in [0, 0.05) is 38.1 Å². The zero-order chi connectivity index (χ0) is 11.4. The molecule has 2 rings (SSSR count). The van der Waals surface area contributed by atoms with Crippen LogP contribution in [0.4, 0.5) is 4.79 Å². The molecule has 0 unspecified atom stereocenters. The van der Waals surface area contributed by atoms with E-state index in [0.29, 0.717) is 6.54 Å². The van der Waals surface area contributed by atoms with E-state index in [4.69, 9.17) is 0 Å². The first-order valence-corrected chi connectivity index (χ1v) is 6.38. The monoisotopic (exact) mass is 239 g/mol. The van der Waals surface area contributed by atoms with Crippen molar-refractivity contribution in [3.8, 4) is 0 Å². The topological polar surface area (TPSA) is 35.6 Å². The standard InChI is InChI=1S/C11H17N3OS/c1-13(9-10-3-2-8-16-10)11(15)14-6-4-12-5-7-14/h2-3,8,12H,4-7,9H2,1H3. The molecule has 4 nitrogen and oxygen atoms in total. The summed E-state index contributed by atoms with van der Waals surface area (Å²) in [4.78, 5) is 17.0. The van der Waals surface area contributed by atoms with Gasteiger partial charge in [0.05, 0.1) is 6.54 Å². The molecule has 5 heteroatoms. The molecule has 2 amide bonds. The van der Waals surface area contributed by atoms with Gasteiger partial charge in [-0.2, -0.15) is 0 Å². The van der Waals surface area contributed by atoms with Crippen molar-refractivity contribution in [2.24, 2.45) is 0 Å². The Morgan fingerprint density at radius 2 is 2.31 bits per heavy atom. The molecular formula is C11H17N3OS. The molecular weight excluding hydrogens is 222 g/mol. The van der Waals surface area contributed by atoms with Crippen LogP contribution >= 0.6 is 11.3 Å². The average molecular weight is 239 g/mol. The van der Waals surface area contributed by atoms with Crippen LogP contribution in [0.5, 0.6) is 0 Å². The van der Waals surface area contributed by atoms with E-state index < -0.39 is 0 Å². The van der Waals surface area contributed by atoms with Crippen molar-refractivity contribution in [2.75, 3.05) is 33.2 Å². The minimum atomic E-state index is 0.134. The van der Waals surface area contributed by atoms with Crippen molar-refractivity contribution in [2.45, 2.75) is 6.54 Å². The lowest BCUT2D eigenvalue weighted by atomic mass is 10.4. The maximum atomic E-state index is 12.1. The van der Waals surface area contributed by atoms with Crippen molar-refractivity contribution in [1.82, 2.24) is 15.1 Å². The average Bonchev–Trinajstić information content (AvgIpc) is 2.82. The molecule has 2 heterocycles. The smallest absolute Gasteiger partial charge is 0.320 e. The summed E-state index contributed by atoms with van der Waals surface area (Å²) < 4.78 is 0. The lowest BCUT2D eigenvalue weighted by Crippen LogP contribution is -2.50. The Bertz CT molecular complexity index is 333. The minimum absolute atomic E-state index is 0.134. The number of amides is 2. The fourth-order valence-corrected chi connectivity index (χ4v) is 2.56. The Balaban J connectivity index is 1.88. The van der Waals surface area contributed by atoms with E-state index in [2.05, 4.69) is 11.4 Å². The third-order valence-corrected chi connectivity index (χ3v) is 3.55. The molecule has 0 bridgehead atoms. The maximum Gasteiger partial charge on any atom is 0.320 e. The van der Waals surface area contributed by atoms with Crippen LogP contribution in [0.2, 0.25) is 0 Å². The third-order valence-electron chi connectivity index (χ3n) is 2.69. The van der Waals surface area contributed by atoms with Gasteiger partial charge >= 0.3 is 6.03 Å². The molecule has 0 aliphatic carbocycles. The molecule has 88 valence electrons. The van der Waals surface area contributed by atoms with Crippen molar-refractivity contribution in [3.63, 3.8) is 0 Å². The van der Waals surface area contributed by atoms with E-state index >= 15 is 0 Å². The van der Waals surface area contributed by atoms with Gasteiger partial charge in [0.15, 0.2) is 0 Å². The SMILES string of the molecule is CN(Cc1cccs1)C(=O)N1CCNCC1. The van der Waals surface area contributed by atoms with Crippen LogP contribution in [0, 0.1) is 0 Å². The summed E-state index contributed by atoms with van der Waals surface area (Å²) in [5.74, 6) is 0. The van der Waals surface area contributed by atoms with Crippen LogP contribution in [0.3, 0.4) is 0 Å². The van der Waals surface area contributed by atoms with Gasteiger partial charge in [-0.15, -0.1) is 11.3 Å². The Hall–Kier alpha value is -1.07. The van der Waals surface area contributed by atoms with Gasteiger partial charge in [0.2, 0.25) is 0 Å². The summed E-state index contributed by atoms with van der Waals surface area (Å²) in [5.41, 5.74) is 0. The first-order valence-electron chi connectivity index (χ1n) is 5.50. The van der Waals surface area contributed by atoms with E-state index in [9.17, 15) is 4.79 Å². The van der Waals surface area contributed by atoms with E-state index in [1.54, 1.807) is 16.2 Å². The molecule has 1 saturated heterocycles. The molecule has 1 fully saturated rings. The number of hydrogen-bond donors (Lipinski definition) is 1. The molecule has 1 aromatic heterocycles. The van der Waals surface area contributed by atoms with Crippen molar-refractivity contribution < 1.29 is 4.79 Å². The molecule has 1 N–H and O–H groups in total. The Morgan fingerprint density at radius 3 is 2.94 bits per heavy atom. The maximum absolute atomic E-state index is 12.1. The highest BCUT2D eigenvalue weighted by atomic mass is 32.1. The van der Waals surface area contributed by atoms with Crippen molar-refractivity contribution in [3.05, 3.63) is 22.4 Å². The Morgan fingerprint density at radius 1 is 1.56 bits per heavy atom. The van der Waals surface area contributed by atoms with Crippen LogP contribution in [0.15, 0.2) is 17.5 Å². The summed E-state index contributed by atoms with van der Waals surface area (Å²) in [6.07, 6.45) is 0. The largest absolute Gasteiger partial charge is 0.323 e. The minimum Gasteiger partial charge on any atom is -0.323 e. The van der Waals surface area contributed by atoms with E-state index in [1.807, 2.05) is 23.4 Å². The molecule has 0 spiro atoms. The van der Waals surface area contributed by atoms with Crippen LogP contribution in [0.25, 0.3) is 0 Å². The lowest BCUT2D eigenvalue weighted by molar-refractivity contribution is 0.154. The predicted octanol–water partition coefficient (Wildman–Crippen LogP) is 1.21. The van der Waals surface area contributed by atoms with E-state index in [-0.39, 0.29) is 6.03 Å². The number of rotatable bonds is 2. The highest BCUT2D eigenvalue weighted by Crippen LogP contribution is 2.12. The highest BCUT2D eigenvalue weighted by molar-refractivity contribution is 7.09. The summed E-state index contributed by atoms with van der Waals surface area (Å²) in [7, 11) is 1.87. The van der Waals surface area contributed by atoms with Gasteiger partial charge < -0.3 is 15.1 Å². The number of nitrogens with one attached hydrogen (secondary N) is 1. The van der Waals surface area contributed by atoms with Crippen LogP contribution < -0.4 is 5.32 Å². The zero-order valence-corrected chi connectivity index (χ0v) is 10.3. The van der Waals surface area contributed by atoms with Gasteiger partial charge in [-0.3, -0.25) is 0 Å². The number of piperazine rings is 1. The summed E-state index contributed by atoms with van der Waals surface area (Å²) >= 11 is 1.69. The lowest BCUT2D eigenvalue weighted by Gasteiger charge is -2.31. The second-order valence-electron chi connectivity index (χ2n) is 3.96. The number of thiophene rings is 1. The molecule has 1 aliphatic heterocycles. The molecule has 0 atom stereocenters. The van der Waals surface area contributed by atoms with Crippen LogP contribution in [-0.2, 0) is 6.54 Å². The van der Waals surface area contributed by atoms with Gasteiger partial charge in [-0.25, -0.2) is 4.79 Å². The molecule has 0 saturated carbocycles. The normalized spacial score (nSPS) is 16.2. The first kappa shape index (κ1) is 11.4. The fraction of sp³-hybridized carbons (Fsp3) is 0.545. The van der Waals surface area contributed by atoms with Gasteiger partial charge in [0.1, 0.15) is 0 Å². The van der Waals surface area contributed by atoms with Gasteiger partial charge in [-0.1, -0.05) is 6.07 Å². The van der Waals surface area contributed by atoms with Gasteiger partial charge in [-0.05, 0) is 11.4 Å². The zero-order valence-electron chi connectivity index (χ0n) is 9.48. The summed E-state index contributed by atoms with van der Waals surface area (Å²) in [6, 6.07) is 4.21. The van der Waals surface area contributed by atoms with Crippen LogP contribution in [-0.4, -0.2) is 49.1 Å². The third kappa shape index (κ3) is 2.74. The molecule has 1 aliphatic rings. The second kappa shape index (κ2) is 5.32. The Kier molecular flexibility index (Phi) is 3.79. The Labute approximate surface area is 99.9 Å². The fourth-order valence-electron chi connectivity index (χ4n) is 1.80. The van der Waals surface area contributed by atoms with E-state index in [0.717, 1.165) is 26.2 Å². The molecule has 0 aromatic carbocycles. The molecule has 16 heavy (non-hydrogen) atoms. The molecule has 0 radical (unpaired) electrons. The highest BCUT2D eigenvalue weighted by Gasteiger charge is 2.19. The predicted molar refractivity (Wildman–Crippen MR) is 65.6 cm³/mol. The summed E-state index contributed by atoms with van der Waals surface area (Å²) in [6.45, 7) is 4.14. The van der Waals surface area contributed by atoms with E-state index in [1.165, 1.54) is 4.88 Å². The van der Waals surface area contributed by atoms with Crippen LogP contribution in [0.1, 0.15) is 4.88 Å². The van der Waals surface area contributed by atoms with Gasteiger partial charge in [0.25, 0.3) is 0 Å². The number of carbonyl (C=O) groups is 1. The quantitative estimate of drug-likeness (QED) is 0.842. The first-order chi connectivity index (χ1) is 7.77. The van der Waals surface area contributed by atoms with Crippen molar-refractivity contribution in [1.29, 1.82) is 0 Å². The number of hydrogen-bond acceptors (Lipinski definition) is 3. The van der Waals surface area contributed by atoms with Crippen molar-refractivity contribution >= 4 is 17.4 Å². The molecule has 1 aromatic rings.